The number of sulfonamides is 1. The highest BCUT2D eigenvalue weighted by Crippen LogP contribution is 2.37. The van der Waals surface area contributed by atoms with Crippen LogP contribution in [0.3, 0.4) is 0 Å². The summed E-state index contributed by atoms with van der Waals surface area (Å²) < 4.78 is 38.4. The quantitative estimate of drug-likeness (QED) is 0.389. The standard InChI is InChI=1S/C26H36N4O6S/c1-4-21-23-22(17-26(18-27-24(23)31)11-15-35-16-12-26)30(28-21)13-5-6-14-36-25(32)19-7-9-20(10-8-19)37(33,34)29(2)3/h7-10H,4-6,11-18H2,1-3H3,(H,27,31). The number of aromatic nitrogens is 2. The summed E-state index contributed by atoms with van der Waals surface area (Å²) in [6, 6.07) is 5.73. The Morgan fingerprint density at radius 1 is 1.19 bits per heavy atom. The number of nitrogens with zero attached hydrogens (tertiary/aromatic N) is 3. The largest absolute Gasteiger partial charge is 0.462 e. The van der Waals surface area contributed by atoms with Gasteiger partial charge in [0.25, 0.3) is 5.91 Å². The number of benzene rings is 1. The molecule has 2 aliphatic heterocycles. The molecule has 1 fully saturated rings. The second kappa shape index (κ2) is 11.3. The van der Waals surface area contributed by atoms with Crippen LogP contribution in [0.25, 0.3) is 0 Å². The number of hydrogen-bond acceptors (Lipinski definition) is 7. The summed E-state index contributed by atoms with van der Waals surface area (Å²) in [6.07, 6.45) is 4.69. The van der Waals surface area contributed by atoms with Crippen LogP contribution in [-0.2, 0) is 38.9 Å². The minimum atomic E-state index is -3.55. The molecular formula is C26H36N4O6S. The molecule has 0 unspecified atom stereocenters. The Bertz CT molecular complexity index is 1230. The maximum Gasteiger partial charge on any atom is 0.338 e. The fourth-order valence-electron chi connectivity index (χ4n) is 4.94. The van der Waals surface area contributed by atoms with E-state index in [4.69, 9.17) is 14.6 Å². The van der Waals surface area contributed by atoms with Crippen molar-refractivity contribution in [2.75, 3.05) is 40.5 Å². The number of amides is 1. The number of ether oxygens (including phenoxy) is 2. The monoisotopic (exact) mass is 532 g/mol. The summed E-state index contributed by atoms with van der Waals surface area (Å²) in [7, 11) is -0.636. The van der Waals surface area contributed by atoms with Crippen LogP contribution >= 0.6 is 0 Å². The van der Waals surface area contributed by atoms with Crippen molar-refractivity contribution in [1.82, 2.24) is 19.4 Å². The van der Waals surface area contributed by atoms with Gasteiger partial charge in [-0.15, -0.1) is 0 Å². The van der Waals surface area contributed by atoms with E-state index in [9.17, 15) is 18.0 Å². The second-order valence-electron chi connectivity index (χ2n) is 9.97. The molecule has 0 bridgehead atoms. The lowest BCUT2D eigenvalue weighted by Gasteiger charge is -2.36. The van der Waals surface area contributed by atoms with Crippen molar-refractivity contribution in [2.24, 2.45) is 5.41 Å². The lowest BCUT2D eigenvalue weighted by Crippen LogP contribution is -2.40. The van der Waals surface area contributed by atoms with E-state index in [1.165, 1.54) is 38.4 Å². The number of rotatable bonds is 9. The molecule has 0 aliphatic carbocycles. The molecule has 1 amide bonds. The van der Waals surface area contributed by atoms with Gasteiger partial charge in [0.05, 0.1) is 34.0 Å². The molecule has 0 radical (unpaired) electrons. The first kappa shape index (κ1) is 27.3. The topological polar surface area (TPSA) is 120 Å². The average molecular weight is 533 g/mol. The lowest BCUT2D eigenvalue weighted by atomic mass is 9.76. The summed E-state index contributed by atoms with van der Waals surface area (Å²) in [6.45, 7) is 4.96. The van der Waals surface area contributed by atoms with Gasteiger partial charge in [-0.1, -0.05) is 6.92 Å². The van der Waals surface area contributed by atoms with E-state index in [2.05, 4.69) is 5.32 Å². The van der Waals surface area contributed by atoms with Gasteiger partial charge < -0.3 is 14.8 Å². The minimum Gasteiger partial charge on any atom is -0.462 e. The number of carbonyl (C=O) groups excluding carboxylic acids is 2. The van der Waals surface area contributed by atoms with Gasteiger partial charge in [-0.05, 0) is 68.2 Å². The van der Waals surface area contributed by atoms with Crippen LogP contribution in [0.2, 0.25) is 0 Å². The van der Waals surface area contributed by atoms with Gasteiger partial charge in [-0.3, -0.25) is 9.48 Å². The maximum atomic E-state index is 12.9. The zero-order valence-corrected chi connectivity index (χ0v) is 22.6. The third-order valence-corrected chi connectivity index (χ3v) is 9.11. The normalized spacial score (nSPS) is 17.4. The Morgan fingerprint density at radius 2 is 1.89 bits per heavy atom. The van der Waals surface area contributed by atoms with Crippen molar-refractivity contribution in [3.05, 3.63) is 46.8 Å². The number of carbonyl (C=O) groups is 2. The van der Waals surface area contributed by atoms with Crippen molar-refractivity contribution in [3.63, 3.8) is 0 Å². The van der Waals surface area contributed by atoms with Crippen molar-refractivity contribution in [1.29, 1.82) is 0 Å². The van der Waals surface area contributed by atoms with E-state index in [1.807, 2.05) is 11.6 Å². The number of esters is 1. The first-order valence-electron chi connectivity index (χ1n) is 12.8. The van der Waals surface area contributed by atoms with Gasteiger partial charge in [0, 0.05) is 40.4 Å². The number of aryl methyl sites for hydroxylation is 2. The molecule has 1 N–H and O–H groups in total. The summed E-state index contributed by atoms with van der Waals surface area (Å²) in [5, 5.41) is 7.90. The highest BCUT2D eigenvalue weighted by molar-refractivity contribution is 7.89. The Labute approximate surface area is 218 Å². The molecule has 1 aromatic heterocycles. The molecule has 3 heterocycles. The van der Waals surface area contributed by atoms with Crippen LogP contribution in [0.1, 0.15) is 64.7 Å². The first-order valence-corrected chi connectivity index (χ1v) is 14.2. The zero-order chi connectivity index (χ0) is 26.6. The highest BCUT2D eigenvalue weighted by Gasteiger charge is 2.39. The number of nitrogens with one attached hydrogen (secondary N) is 1. The molecule has 2 aliphatic rings. The van der Waals surface area contributed by atoms with E-state index in [0.29, 0.717) is 44.7 Å². The summed E-state index contributed by atoms with van der Waals surface area (Å²) >= 11 is 0. The number of unbranched alkanes of at least 4 members (excludes halogenated alkanes) is 1. The number of fused-ring (bicyclic) bond motifs is 1. The molecule has 4 rings (SSSR count). The van der Waals surface area contributed by atoms with Crippen LogP contribution in [0.5, 0.6) is 0 Å². The maximum absolute atomic E-state index is 12.9. The molecule has 2 aromatic rings. The molecule has 0 atom stereocenters. The summed E-state index contributed by atoms with van der Waals surface area (Å²) in [5.74, 6) is -0.534. The lowest BCUT2D eigenvalue weighted by molar-refractivity contribution is 0.0152. The van der Waals surface area contributed by atoms with Gasteiger partial charge in [0.2, 0.25) is 10.0 Å². The molecule has 37 heavy (non-hydrogen) atoms. The smallest absolute Gasteiger partial charge is 0.338 e. The van der Waals surface area contributed by atoms with Crippen LogP contribution in [0, 0.1) is 5.41 Å². The summed E-state index contributed by atoms with van der Waals surface area (Å²) in [5.41, 5.74) is 2.84. The van der Waals surface area contributed by atoms with Gasteiger partial charge in [0.1, 0.15) is 0 Å². The third kappa shape index (κ3) is 5.89. The van der Waals surface area contributed by atoms with E-state index < -0.39 is 16.0 Å². The molecule has 202 valence electrons. The predicted octanol–water partition coefficient (Wildman–Crippen LogP) is 2.42. The minimum absolute atomic E-state index is 0.00108. The Balaban J connectivity index is 1.34. The summed E-state index contributed by atoms with van der Waals surface area (Å²) in [4.78, 5) is 25.4. The second-order valence-corrected chi connectivity index (χ2v) is 12.1. The predicted molar refractivity (Wildman–Crippen MR) is 137 cm³/mol. The molecule has 10 nitrogen and oxygen atoms in total. The van der Waals surface area contributed by atoms with Crippen LogP contribution in [-0.4, -0.2) is 74.8 Å². The van der Waals surface area contributed by atoms with Crippen molar-refractivity contribution in [3.8, 4) is 0 Å². The van der Waals surface area contributed by atoms with Gasteiger partial charge >= 0.3 is 5.97 Å². The fraction of sp³-hybridized carbons (Fsp3) is 0.577. The van der Waals surface area contributed by atoms with E-state index in [0.717, 1.165) is 46.9 Å². The molecule has 0 saturated carbocycles. The molecule has 1 aromatic carbocycles. The third-order valence-electron chi connectivity index (χ3n) is 7.28. The molecular weight excluding hydrogens is 496 g/mol. The Kier molecular flexibility index (Phi) is 8.35. The highest BCUT2D eigenvalue weighted by atomic mass is 32.2. The molecule has 1 spiro atoms. The average Bonchev–Trinajstić information content (AvgIpc) is 3.17. The van der Waals surface area contributed by atoms with E-state index in [-0.39, 0.29) is 22.8 Å². The van der Waals surface area contributed by atoms with E-state index >= 15 is 0 Å². The SMILES string of the molecule is CCc1nn(CCCCOC(=O)c2ccc(S(=O)(=O)N(C)C)cc2)c2c1C(=O)NCC1(CCOCC1)C2. The van der Waals surface area contributed by atoms with Crippen LogP contribution < -0.4 is 5.32 Å². The molecule has 1 saturated heterocycles. The first-order chi connectivity index (χ1) is 17.7. The molecule has 11 heteroatoms. The van der Waals surface area contributed by atoms with Gasteiger partial charge in [0.15, 0.2) is 0 Å². The number of hydrogen-bond donors (Lipinski definition) is 1. The fourth-order valence-corrected chi connectivity index (χ4v) is 5.85. The van der Waals surface area contributed by atoms with Crippen LogP contribution in [0.15, 0.2) is 29.2 Å². The van der Waals surface area contributed by atoms with Gasteiger partial charge in [-0.25, -0.2) is 17.5 Å². The Morgan fingerprint density at radius 3 is 2.54 bits per heavy atom. The van der Waals surface area contributed by atoms with Crippen LogP contribution in [0.4, 0.5) is 0 Å². The van der Waals surface area contributed by atoms with Gasteiger partial charge in [-0.2, -0.15) is 5.10 Å². The van der Waals surface area contributed by atoms with Crippen molar-refractivity contribution < 1.29 is 27.5 Å². The Hall–Kier alpha value is -2.76. The van der Waals surface area contributed by atoms with E-state index in [1.54, 1.807) is 0 Å². The zero-order valence-electron chi connectivity index (χ0n) is 21.8. The van der Waals surface area contributed by atoms with Crippen molar-refractivity contribution in [2.45, 2.75) is 56.9 Å². The van der Waals surface area contributed by atoms with Crippen molar-refractivity contribution >= 4 is 21.9 Å².